The van der Waals surface area contributed by atoms with Crippen LogP contribution in [0.15, 0.2) is 65.0 Å². The summed E-state index contributed by atoms with van der Waals surface area (Å²) in [5, 5.41) is 12.9. The number of hydrogen-bond acceptors (Lipinski definition) is 4. The van der Waals surface area contributed by atoms with Gasteiger partial charge in [-0.2, -0.15) is 0 Å². The quantitative estimate of drug-likeness (QED) is 0.528. The number of benzene rings is 2. The Morgan fingerprint density at radius 2 is 1.96 bits per heavy atom. The van der Waals surface area contributed by atoms with E-state index in [1.165, 1.54) is 23.5 Å². The summed E-state index contributed by atoms with van der Waals surface area (Å²) in [7, 11) is 0. The second-order valence-electron chi connectivity index (χ2n) is 4.90. The molecule has 0 amide bonds. The van der Waals surface area contributed by atoms with Crippen LogP contribution in [0.2, 0.25) is 0 Å². The highest BCUT2D eigenvalue weighted by Gasteiger charge is 2.08. The van der Waals surface area contributed by atoms with Crippen LogP contribution in [0, 0.1) is 10.1 Å². The number of aromatic nitrogens is 1. The second kappa shape index (κ2) is 6.58. The molecule has 5 nitrogen and oxygen atoms in total. The van der Waals surface area contributed by atoms with E-state index in [2.05, 4.69) is 34.0 Å². The summed E-state index contributed by atoms with van der Waals surface area (Å²) >= 11 is 1.53. The maximum atomic E-state index is 10.9. The minimum atomic E-state index is -0.406. The van der Waals surface area contributed by atoms with Crippen LogP contribution in [-0.2, 0) is 6.54 Å². The molecule has 0 saturated carbocycles. The predicted octanol–water partition coefficient (Wildman–Crippen LogP) is 4.38. The van der Waals surface area contributed by atoms with Crippen molar-refractivity contribution >= 4 is 22.7 Å². The lowest BCUT2D eigenvalue weighted by molar-refractivity contribution is -0.384. The Bertz CT molecular complexity index is 897. The van der Waals surface area contributed by atoms with E-state index in [4.69, 9.17) is 0 Å². The van der Waals surface area contributed by atoms with Gasteiger partial charge in [0, 0.05) is 24.1 Å². The zero-order chi connectivity index (χ0) is 16.2. The number of nitro benzene ring substituents is 1. The van der Waals surface area contributed by atoms with Gasteiger partial charge in [-0.05, 0) is 18.6 Å². The van der Waals surface area contributed by atoms with Crippen molar-refractivity contribution in [2.24, 2.45) is 4.99 Å². The van der Waals surface area contributed by atoms with Crippen molar-refractivity contribution < 1.29 is 4.92 Å². The standard InChI is InChI=1S/C17H15N3O2S/c1-2-19-16(13-7-4-3-5-8-13)12-23-17(19)18-14-9-6-10-15(11-14)20(21)22/h3-12H,2H2,1H3. The van der Waals surface area contributed by atoms with E-state index in [0.29, 0.717) is 5.69 Å². The van der Waals surface area contributed by atoms with Crippen LogP contribution in [-0.4, -0.2) is 9.49 Å². The molecule has 0 radical (unpaired) electrons. The van der Waals surface area contributed by atoms with Crippen LogP contribution < -0.4 is 4.80 Å². The smallest absolute Gasteiger partial charge is 0.271 e. The van der Waals surface area contributed by atoms with E-state index < -0.39 is 4.92 Å². The Labute approximate surface area is 137 Å². The average molecular weight is 325 g/mol. The Morgan fingerprint density at radius 1 is 1.17 bits per heavy atom. The number of nitro groups is 1. The van der Waals surface area contributed by atoms with Gasteiger partial charge in [0.05, 0.1) is 16.3 Å². The maximum Gasteiger partial charge on any atom is 0.271 e. The Morgan fingerprint density at radius 3 is 2.65 bits per heavy atom. The van der Waals surface area contributed by atoms with Gasteiger partial charge in [-0.15, -0.1) is 11.3 Å². The number of thiazole rings is 1. The van der Waals surface area contributed by atoms with Gasteiger partial charge in [0.15, 0.2) is 4.80 Å². The van der Waals surface area contributed by atoms with Crippen LogP contribution in [0.1, 0.15) is 6.92 Å². The monoisotopic (exact) mass is 325 g/mol. The van der Waals surface area contributed by atoms with E-state index >= 15 is 0 Å². The second-order valence-corrected chi connectivity index (χ2v) is 5.74. The summed E-state index contributed by atoms with van der Waals surface area (Å²) in [5.41, 5.74) is 2.87. The zero-order valence-corrected chi connectivity index (χ0v) is 13.4. The van der Waals surface area contributed by atoms with E-state index in [-0.39, 0.29) is 5.69 Å². The third kappa shape index (κ3) is 3.22. The maximum absolute atomic E-state index is 10.9. The third-order valence-corrected chi connectivity index (χ3v) is 4.31. The normalized spacial score (nSPS) is 11.6. The number of rotatable bonds is 4. The summed E-state index contributed by atoms with van der Waals surface area (Å²) in [6.45, 7) is 2.84. The van der Waals surface area contributed by atoms with Gasteiger partial charge >= 0.3 is 0 Å². The van der Waals surface area contributed by atoms with Crippen LogP contribution in [0.5, 0.6) is 0 Å². The first-order chi connectivity index (χ1) is 11.2. The van der Waals surface area contributed by atoms with Gasteiger partial charge in [0.2, 0.25) is 0 Å². The Balaban J connectivity index is 2.09. The molecule has 0 aliphatic carbocycles. The van der Waals surface area contributed by atoms with Crippen molar-refractivity contribution in [1.82, 2.24) is 4.57 Å². The molecule has 0 N–H and O–H groups in total. The Hall–Kier alpha value is -2.73. The first-order valence-electron chi connectivity index (χ1n) is 7.22. The molecule has 3 rings (SSSR count). The van der Waals surface area contributed by atoms with E-state index in [1.54, 1.807) is 12.1 Å². The number of non-ortho nitro benzene ring substituents is 1. The number of nitrogens with zero attached hydrogens (tertiary/aromatic N) is 3. The van der Waals surface area contributed by atoms with Crippen LogP contribution in [0.3, 0.4) is 0 Å². The Kier molecular flexibility index (Phi) is 4.34. The fraction of sp³-hybridized carbons (Fsp3) is 0.118. The molecule has 23 heavy (non-hydrogen) atoms. The lowest BCUT2D eigenvalue weighted by atomic mass is 10.2. The molecule has 6 heteroatoms. The minimum absolute atomic E-state index is 0.0501. The molecule has 0 aliphatic rings. The first kappa shape index (κ1) is 15.2. The lowest BCUT2D eigenvalue weighted by Gasteiger charge is -2.05. The molecule has 1 aromatic heterocycles. The first-order valence-corrected chi connectivity index (χ1v) is 8.10. The largest absolute Gasteiger partial charge is 0.317 e. The van der Waals surface area contributed by atoms with Gasteiger partial charge in [0.25, 0.3) is 5.69 Å². The van der Waals surface area contributed by atoms with Crippen LogP contribution >= 0.6 is 11.3 Å². The fourth-order valence-electron chi connectivity index (χ4n) is 2.35. The van der Waals surface area contributed by atoms with Crippen LogP contribution in [0.25, 0.3) is 11.3 Å². The van der Waals surface area contributed by atoms with Crippen molar-refractivity contribution in [2.45, 2.75) is 13.5 Å². The van der Waals surface area contributed by atoms with E-state index in [1.807, 2.05) is 18.2 Å². The molecule has 0 saturated heterocycles. The van der Waals surface area contributed by atoms with Gasteiger partial charge in [-0.3, -0.25) is 10.1 Å². The third-order valence-electron chi connectivity index (χ3n) is 3.45. The topological polar surface area (TPSA) is 60.4 Å². The van der Waals surface area contributed by atoms with Crippen molar-refractivity contribution in [3.8, 4) is 11.3 Å². The predicted molar refractivity (Wildman–Crippen MR) is 91.7 cm³/mol. The minimum Gasteiger partial charge on any atom is -0.317 e. The highest BCUT2D eigenvalue weighted by molar-refractivity contribution is 7.07. The molecule has 0 atom stereocenters. The highest BCUT2D eigenvalue weighted by Crippen LogP contribution is 2.22. The summed E-state index contributed by atoms with van der Waals surface area (Å²) in [6.07, 6.45) is 0. The highest BCUT2D eigenvalue weighted by atomic mass is 32.1. The molecule has 0 fully saturated rings. The summed E-state index contributed by atoms with van der Waals surface area (Å²) in [5.74, 6) is 0. The molecule has 0 bridgehead atoms. The van der Waals surface area contributed by atoms with Gasteiger partial charge in [0.1, 0.15) is 0 Å². The van der Waals surface area contributed by atoms with Gasteiger partial charge in [-0.1, -0.05) is 36.4 Å². The molecule has 1 heterocycles. The lowest BCUT2D eigenvalue weighted by Crippen LogP contribution is -2.14. The molecule has 116 valence electrons. The summed E-state index contributed by atoms with van der Waals surface area (Å²) in [6, 6.07) is 16.5. The SMILES string of the molecule is CCn1c(-c2ccccc2)csc1=Nc1cccc([N+](=O)[O-])c1. The van der Waals surface area contributed by atoms with Crippen molar-refractivity contribution in [3.63, 3.8) is 0 Å². The molecule has 3 aromatic rings. The van der Waals surface area contributed by atoms with Crippen LogP contribution in [0.4, 0.5) is 11.4 Å². The van der Waals surface area contributed by atoms with Crippen molar-refractivity contribution in [2.75, 3.05) is 0 Å². The summed E-state index contributed by atoms with van der Waals surface area (Å²) in [4.78, 5) is 15.9. The molecule has 0 spiro atoms. The van der Waals surface area contributed by atoms with Crippen molar-refractivity contribution in [1.29, 1.82) is 0 Å². The zero-order valence-electron chi connectivity index (χ0n) is 12.5. The van der Waals surface area contributed by atoms with Crippen molar-refractivity contribution in [3.05, 3.63) is 74.9 Å². The molecular formula is C17H15N3O2S. The average Bonchev–Trinajstić information content (AvgIpc) is 2.98. The molecule has 2 aromatic carbocycles. The molecule has 0 aliphatic heterocycles. The number of hydrogen-bond donors (Lipinski definition) is 0. The fourth-order valence-corrected chi connectivity index (χ4v) is 3.34. The van der Waals surface area contributed by atoms with Gasteiger partial charge in [-0.25, -0.2) is 4.99 Å². The summed E-state index contributed by atoms with van der Waals surface area (Å²) < 4.78 is 2.11. The molecular weight excluding hydrogens is 310 g/mol. The van der Waals surface area contributed by atoms with Gasteiger partial charge < -0.3 is 4.57 Å². The van der Waals surface area contributed by atoms with E-state index in [9.17, 15) is 10.1 Å². The van der Waals surface area contributed by atoms with E-state index in [0.717, 1.165) is 22.6 Å². The molecule has 0 unspecified atom stereocenters.